The van der Waals surface area contributed by atoms with Crippen LogP contribution in [0.4, 0.5) is 0 Å². The molecule has 0 radical (unpaired) electrons. The molecule has 0 spiro atoms. The fraction of sp³-hybridized carbons (Fsp3) is 0.250. The second-order valence-corrected chi connectivity index (χ2v) is 10.2. The van der Waals surface area contributed by atoms with Gasteiger partial charge < -0.3 is 0 Å². The number of hydrogen-bond acceptors (Lipinski definition) is 0. The summed E-state index contributed by atoms with van der Waals surface area (Å²) in [5, 5.41) is 0. The predicted molar refractivity (Wildman–Crippen MR) is 77.7 cm³/mol. The number of benzene rings is 1. The maximum atomic E-state index is 3.39. The first-order valence-electron chi connectivity index (χ1n) is 6.03. The van der Waals surface area contributed by atoms with Gasteiger partial charge in [0.25, 0.3) is 0 Å². The molecule has 2 rings (SSSR count). The predicted octanol–water partition coefficient (Wildman–Crippen LogP) is 4.13. The molecule has 86 valence electrons. The maximum Gasteiger partial charge on any atom is 0.129 e. The van der Waals surface area contributed by atoms with Crippen LogP contribution >= 0.6 is 0 Å². The molecular formula is C16H18Si. The van der Waals surface area contributed by atoms with Gasteiger partial charge in [-0.1, -0.05) is 62.0 Å². The lowest BCUT2D eigenvalue weighted by Gasteiger charge is -2.06. The van der Waals surface area contributed by atoms with E-state index in [4.69, 9.17) is 0 Å². The zero-order valence-corrected chi connectivity index (χ0v) is 11.7. The molecule has 0 fully saturated rings. The van der Waals surface area contributed by atoms with Gasteiger partial charge in [0, 0.05) is 11.5 Å². The molecule has 0 N–H and O–H groups in total. The third kappa shape index (κ3) is 3.47. The van der Waals surface area contributed by atoms with Gasteiger partial charge in [0.2, 0.25) is 0 Å². The summed E-state index contributed by atoms with van der Waals surface area (Å²) in [4.78, 5) is 0. The lowest BCUT2D eigenvalue weighted by Crippen LogP contribution is -2.16. The van der Waals surface area contributed by atoms with E-state index in [1.165, 1.54) is 5.56 Å². The molecule has 1 aromatic carbocycles. The van der Waals surface area contributed by atoms with Crippen molar-refractivity contribution in [2.75, 3.05) is 0 Å². The van der Waals surface area contributed by atoms with Gasteiger partial charge in [0.05, 0.1) is 0 Å². The lowest BCUT2D eigenvalue weighted by atomic mass is 10.00. The second kappa shape index (κ2) is 4.77. The Labute approximate surface area is 105 Å². The zero-order valence-electron chi connectivity index (χ0n) is 10.7. The summed E-state index contributed by atoms with van der Waals surface area (Å²) in [6.45, 7) is 6.80. The van der Waals surface area contributed by atoms with Crippen molar-refractivity contribution in [3.63, 3.8) is 0 Å². The summed E-state index contributed by atoms with van der Waals surface area (Å²) in [6, 6.07) is 8.61. The van der Waals surface area contributed by atoms with Crippen LogP contribution in [0.25, 0.3) is 0 Å². The molecule has 0 saturated carbocycles. The van der Waals surface area contributed by atoms with Crippen molar-refractivity contribution in [3.05, 3.63) is 59.7 Å². The standard InChI is InChI=1S/C16H18Si/c1-17(2,3)13-12-14-8-10-16(11-9-14)15-6-4-5-7-15/h4-11,15H,1-3H3. The van der Waals surface area contributed by atoms with Crippen LogP contribution in [-0.2, 0) is 0 Å². The van der Waals surface area contributed by atoms with Crippen LogP contribution in [0.15, 0.2) is 48.6 Å². The Kier molecular flexibility index (Phi) is 3.35. The van der Waals surface area contributed by atoms with Crippen molar-refractivity contribution in [1.29, 1.82) is 0 Å². The molecular weight excluding hydrogens is 220 g/mol. The molecule has 0 amide bonds. The van der Waals surface area contributed by atoms with Crippen LogP contribution in [0.3, 0.4) is 0 Å². The number of allylic oxidation sites excluding steroid dienone is 4. The first kappa shape index (κ1) is 11.9. The molecule has 1 aliphatic rings. The van der Waals surface area contributed by atoms with E-state index in [2.05, 4.69) is 79.7 Å². The minimum atomic E-state index is -1.26. The molecule has 0 heterocycles. The Morgan fingerprint density at radius 3 is 2.06 bits per heavy atom. The Hall–Kier alpha value is -1.52. The Balaban J connectivity index is 2.15. The van der Waals surface area contributed by atoms with Gasteiger partial charge in [-0.05, 0) is 17.7 Å². The smallest absolute Gasteiger partial charge is 0.127 e. The van der Waals surface area contributed by atoms with Gasteiger partial charge in [0.1, 0.15) is 8.07 Å². The van der Waals surface area contributed by atoms with Gasteiger partial charge in [-0.15, -0.1) is 5.54 Å². The molecule has 1 aliphatic carbocycles. The van der Waals surface area contributed by atoms with Crippen molar-refractivity contribution in [3.8, 4) is 11.5 Å². The SMILES string of the molecule is C[Si](C)(C)C#Cc1ccc(C2C=CC=C2)cc1. The fourth-order valence-electron chi connectivity index (χ4n) is 1.70. The van der Waals surface area contributed by atoms with E-state index in [0.717, 1.165) is 5.56 Å². The highest BCUT2D eigenvalue weighted by Crippen LogP contribution is 2.22. The molecule has 0 aromatic heterocycles. The molecule has 17 heavy (non-hydrogen) atoms. The largest absolute Gasteiger partial charge is 0.129 e. The zero-order chi connectivity index (χ0) is 12.3. The third-order valence-corrected chi connectivity index (χ3v) is 3.50. The summed E-state index contributed by atoms with van der Waals surface area (Å²) in [5.74, 6) is 3.73. The van der Waals surface area contributed by atoms with Crippen molar-refractivity contribution in [2.45, 2.75) is 25.6 Å². The van der Waals surface area contributed by atoms with E-state index in [1.807, 2.05) is 0 Å². The van der Waals surface area contributed by atoms with Crippen LogP contribution < -0.4 is 0 Å². The average molecular weight is 238 g/mol. The van der Waals surface area contributed by atoms with Crippen LogP contribution in [0.5, 0.6) is 0 Å². The highest BCUT2D eigenvalue weighted by Gasteiger charge is 2.08. The highest BCUT2D eigenvalue weighted by molar-refractivity contribution is 6.83. The summed E-state index contributed by atoms with van der Waals surface area (Å²) in [6.07, 6.45) is 8.62. The van der Waals surface area contributed by atoms with E-state index in [1.54, 1.807) is 0 Å². The van der Waals surface area contributed by atoms with E-state index in [-0.39, 0.29) is 0 Å². The second-order valence-electron chi connectivity index (χ2n) is 5.42. The van der Waals surface area contributed by atoms with Crippen molar-refractivity contribution < 1.29 is 0 Å². The minimum absolute atomic E-state index is 0.453. The summed E-state index contributed by atoms with van der Waals surface area (Å²) < 4.78 is 0. The average Bonchev–Trinajstić information content (AvgIpc) is 2.79. The highest BCUT2D eigenvalue weighted by atomic mass is 28.3. The lowest BCUT2D eigenvalue weighted by molar-refractivity contribution is 1.10. The molecule has 0 atom stereocenters. The first-order chi connectivity index (χ1) is 8.04. The Morgan fingerprint density at radius 2 is 1.53 bits per heavy atom. The summed E-state index contributed by atoms with van der Waals surface area (Å²) >= 11 is 0. The molecule has 1 heteroatoms. The van der Waals surface area contributed by atoms with Crippen molar-refractivity contribution in [1.82, 2.24) is 0 Å². The first-order valence-corrected chi connectivity index (χ1v) is 9.53. The topological polar surface area (TPSA) is 0 Å². The van der Waals surface area contributed by atoms with Crippen LogP contribution in [0.2, 0.25) is 19.6 Å². The van der Waals surface area contributed by atoms with E-state index >= 15 is 0 Å². The van der Waals surface area contributed by atoms with Gasteiger partial charge in [-0.25, -0.2) is 0 Å². The monoisotopic (exact) mass is 238 g/mol. The summed E-state index contributed by atoms with van der Waals surface area (Å²) in [5.41, 5.74) is 5.86. The van der Waals surface area contributed by atoms with Crippen molar-refractivity contribution >= 4 is 8.07 Å². The van der Waals surface area contributed by atoms with E-state index < -0.39 is 8.07 Å². The molecule has 1 aromatic rings. The minimum Gasteiger partial charge on any atom is -0.127 e. The van der Waals surface area contributed by atoms with Gasteiger partial charge in [-0.3, -0.25) is 0 Å². The van der Waals surface area contributed by atoms with Crippen LogP contribution in [-0.4, -0.2) is 8.07 Å². The quantitative estimate of drug-likeness (QED) is 0.510. The van der Waals surface area contributed by atoms with Gasteiger partial charge >= 0.3 is 0 Å². The Morgan fingerprint density at radius 1 is 0.941 bits per heavy atom. The number of hydrogen-bond donors (Lipinski definition) is 0. The molecule has 0 nitrogen and oxygen atoms in total. The third-order valence-electron chi connectivity index (χ3n) is 2.63. The van der Waals surface area contributed by atoms with Gasteiger partial charge in [-0.2, -0.15) is 0 Å². The van der Waals surface area contributed by atoms with E-state index in [9.17, 15) is 0 Å². The Bertz CT molecular complexity index is 489. The van der Waals surface area contributed by atoms with Gasteiger partial charge in [0.15, 0.2) is 0 Å². The molecule has 0 saturated heterocycles. The molecule has 0 bridgehead atoms. The summed E-state index contributed by atoms with van der Waals surface area (Å²) in [7, 11) is -1.26. The normalized spacial score (nSPS) is 14.8. The van der Waals surface area contributed by atoms with Crippen molar-refractivity contribution in [2.24, 2.45) is 0 Å². The maximum absolute atomic E-state index is 3.39. The van der Waals surface area contributed by atoms with Crippen LogP contribution in [0.1, 0.15) is 17.0 Å². The number of rotatable bonds is 1. The molecule has 0 aliphatic heterocycles. The fourth-order valence-corrected chi connectivity index (χ4v) is 2.22. The van der Waals surface area contributed by atoms with E-state index in [0.29, 0.717) is 5.92 Å². The van der Waals surface area contributed by atoms with Crippen LogP contribution in [0, 0.1) is 11.5 Å². The molecule has 0 unspecified atom stereocenters.